The molecule has 0 amide bonds. The Morgan fingerprint density at radius 1 is 1.09 bits per heavy atom. The van der Waals surface area contributed by atoms with Crippen molar-refractivity contribution in [2.24, 2.45) is 0 Å². The van der Waals surface area contributed by atoms with Crippen molar-refractivity contribution in [1.29, 1.82) is 0 Å². The molecule has 0 unspecified atom stereocenters. The maximum atomic E-state index is 12.8. The Bertz CT molecular complexity index is 781. The predicted molar refractivity (Wildman–Crippen MR) is 92.0 cm³/mol. The number of hydrogen-bond donors (Lipinski definition) is 0. The largest absolute Gasteiger partial charge is 0.244 e. The summed E-state index contributed by atoms with van der Waals surface area (Å²) in [6.45, 7) is 0.464. The van der Waals surface area contributed by atoms with E-state index in [0.717, 1.165) is 11.3 Å². The molecule has 1 atom stereocenters. The summed E-state index contributed by atoms with van der Waals surface area (Å²) in [6, 6.07) is 13.6. The van der Waals surface area contributed by atoms with Crippen molar-refractivity contribution in [3.63, 3.8) is 0 Å². The first kappa shape index (κ1) is 16.1. The fourth-order valence-electron chi connectivity index (χ4n) is 2.38. The van der Waals surface area contributed by atoms with Gasteiger partial charge in [-0.25, -0.2) is 8.42 Å². The molecular formula is C15H13Cl2NO2S2. The van der Waals surface area contributed by atoms with Crippen LogP contribution in [-0.4, -0.2) is 25.0 Å². The maximum absolute atomic E-state index is 12.8. The zero-order valence-corrected chi connectivity index (χ0v) is 14.6. The van der Waals surface area contributed by atoms with Gasteiger partial charge in [-0.1, -0.05) is 47.5 Å². The van der Waals surface area contributed by atoms with E-state index < -0.39 is 10.0 Å². The molecule has 0 aliphatic carbocycles. The molecule has 0 radical (unpaired) electrons. The van der Waals surface area contributed by atoms with Crippen molar-refractivity contribution in [2.75, 3.05) is 12.3 Å². The molecule has 7 heteroatoms. The standard InChI is InChI=1S/C15H13Cl2NO2S2/c16-11-6-7-13(14(17)10-11)15-18(8-9-21-15)22(19,20)12-4-2-1-3-5-12/h1-7,10,15H,8-9H2/t15-/m0/s1. The summed E-state index contributed by atoms with van der Waals surface area (Å²) in [7, 11) is -3.54. The van der Waals surface area contributed by atoms with Gasteiger partial charge < -0.3 is 0 Å². The maximum Gasteiger partial charge on any atom is 0.244 e. The number of rotatable bonds is 3. The molecule has 3 nitrogen and oxygen atoms in total. The van der Waals surface area contributed by atoms with E-state index in [-0.39, 0.29) is 5.37 Å². The molecule has 1 fully saturated rings. The minimum Gasteiger partial charge on any atom is -0.207 e. The van der Waals surface area contributed by atoms with Crippen LogP contribution in [0.5, 0.6) is 0 Å². The molecule has 0 saturated carbocycles. The topological polar surface area (TPSA) is 37.4 Å². The minimum absolute atomic E-state index is 0.299. The van der Waals surface area contributed by atoms with Crippen molar-refractivity contribution in [3.8, 4) is 0 Å². The number of benzene rings is 2. The Kier molecular flexibility index (Phi) is 4.71. The zero-order valence-electron chi connectivity index (χ0n) is 11.4. The lowest BCUT2D eigenvalue weighted by atomic mass is 10.2. The summed E-state index contributed by atoms with van der Waals surface area (Å²) in [6.07, 6.45) is 0. The molecule has 0 bridgehead atoms. The van der Waals surface area contributed by atoms with E-state index in [9.17, 15) is 8.42 Å². The third-order valence-corrected chi connectivity index (χ3v) is 7.24. The van der Waals surface area contributed by atoms with Crippen LogP contribution < -0.4 is 0 Å². The van der Waals surface area contributed by atoms with E-state index in [4.69, 9.17) is 23.2 Å². The van der Waals surface area contributed by atoms with Gasteiger partial charge in [0, 0.05) is 22.3 Å². The van der Waals surface area contributed by atoms with E-state index in [0.29, 0.717) is 21.5 Å². The highest BCUT2D eigenvalue weighted by molar-refractivity contribution is 8.01. The first-order chi connectivity index (χ1) is 10.5. The highest BCUT2D eigenvalue weighted by Gasteiger charge is 2.37. The fourth-order valence-corrected chi connectivity index (χ4v) is 6.24. The summed E-state index contributed by atoms with van der Waals surface area (Å²) >= 11 is 13.7. The average molecular weight is 374 g/mol. The van der Waals surface area contributed by atoms with Crippen molar-refractivity contribution in [1.82, 2.24) is 4.31 Å². The summed E-state index contributed by atoms with van der Waals surface area (Å²) in [4.78, 5) is 0.299. The Morgan fingerprint density at radius 3 is 2.50 bits per heavy atom. The number of hydrogen-bond acceptors (Lipinski definition) is 3. The average Bonchev–Trinajstić information content (AvgIpc) is 2.98. The minimum atomic E-state index is -3.54. The van der Waals surface area contributed by atoms with Crippen LogP contribution >= 0.6 is 35.0 Å². The lowest BCUT2D eigenvalue weighted by molar-refractivity contribution is 0.434. The summed E-state index contributed by atoms with van der Waals surface area (Å²) in [5.41, 5.74) is 0.771. The Labute approximate surface area is 144 Å². The quantitative estimate of drug-likeness (QED) is 0.798. The second-order valence-electron chi connectivity index (χ2n) is 4.82. The summed E-state index contributed by atoms with van der Waals surface area (Å²) < 4.78 is 27.2. The van der Waals surface area contributed by atoms with Crippen molar-refractivity contribution in [2.45, 2.75) is 10.3 Å². The van der Waals surface area contributed by atoms with Gasteiger partial charge in [0.05, 0.1) is 10.3 Å². The molecule has 22 heavy (non-hydrogen) atoms. The Balaban J connectivity index is 2.00. The highest BCUT2D eigenvalue weighted by atomic mass is 35.5. The van der Waals surface area contributed by atoms with Crippen LogP contribution in [0.4, 0.5) is 0 Å². The molecule has 2 aromatic rings. The van der Waals surface area contributed by atoms with Gasteiger partial charge in [0.2, 0.25) is 10.0 Å². The molecule has 116 valence electrons. The Morgan fingerprint density at radius 2 is 1.82 bits per heavy atom. The number of sulfonamides is 1. The predicted octanol–water partition coefficient (Wildman–Crippen LogP) is 4.43. The lowest BCUT2D eigenvalue weighted by Crippen LogP contribution is -2.30. The van der Waals surface area contributed by atoms with Crippen molar-refractivity contribution in [3.05, 3.63) is 64.1 Å². The summed E-state index contributed by atoms with van der Waals surface area (Å²) in [5.74, 6) is 0.732. The zero-order chi connectivity index (χ0) is 15.7. The van der Waals surface area contributed by atoms with E-state index in [1.165, 1.54) is 4.31 Å². The SMILES string of the molecule is O=S(=O)(c1ccccc1)N1CCS[C@H]1c1ccc(Cl)cc1Cl. The van der Waals surface area contributed by atoms with E-state index in [1.807, 2.05) is 0 Å². The molecular weight excluding hydrogens is 361 g/mol. The van der Waals surface area contributed by atoms with Crippen LogP contribution in [0.25, 0.3) is 0 Å². The molecule has 0 aromatic heterocycles. The van der Waals surface area contributed by atoms with Crippen LogP contribution in [0.15, 0.2) is 53.4 Å². The molecule has 1 aliphatic rings. The number of halogens is 2. The van der Waals surface area contributed by atoms with Crippen LogP contribution in [0.2, 0.25) is 10.0 Å². The molecule has 2 aromatic carbocycles. The van der Waals surface area contributed by atoms with E-state index >= 15 is 0 Å². The normalized spacial score (nSPS) is 19.5. The third kappa shape index (κ3) is 3.01. The molecule has 0 N–H and O–H groups in total. The monoisotopic (exact) mass is 373 g/mol. The number of thioether (sulfide) groups is 1. The van der Waals surface area contributed by atoms with Gasteiger partial charge in [-0.2, -0.15) is 4.31 Å². The van der Waals surface area contributed by atoms with Gasteiger partial charge in [0.15, 0.2) is 0 Å². The van der Waals surface area contributed by atoms with Gasteiger partial charge in [0.25, 0.3) is 0 Å². The van der Waals surface area contributed by atoms with Gasteiger partial charge in [-0.3, -0.25) is 0 Å². The molecule has 1 aliphatic heterocycles. The highest BCUT2D eigenvalue weighted by Crippen LogP contribution is 2.44. The van der Waals surface area contributed by atoms with Crippen molar-refractivity contribution >= 4 is 45.0 Å². The number of nitrogens with zero attached hydrogens (tertiary/aromatic N) is 1. The fraction of sp³-hybridized carbons (Fsp3) is 0.200. The lowest BCUT2D eigenvalue weighted by Gasteiger charge is -2.24. The third-order valence-electron chi connectivity index (χ3n) is 3.43. The second-order valence-corrected chi connectivity index (χ2v) is 8.74. The molecule has 1 heterocycles. The van der Waals surface area contributed by atoms with Gasteiger partial charge in [-0.15, -0.1) is 11.8 Å². The van der Waals surface area contributed by atoms with Gasteiger partial charge in [0.1, 0.15) is 0 Å². The molecule has 1 saturated heterocycles. The van der Waals surface area contributed by atoms with Crippen LogP contribution in [0, 0.1) is 0 Å². The summed E-state index contributed by atoms with van der Waals surface area (Å²) in [5, 5.41) is 0.698. The van der Waals surface area contributed by atoms with Crippen LogP contribution in [0.3, 0.4) is 0 Å². The smallest absolute Gasteiger partial charge is 0.207 e. The Hall–Kier alpha value is -0.720. The first-order valence-electron chi connectivity index (χ1n) is 6.63. The molecule has 3 rings (SSSR count). The first-order valence-corrected chi connectivity index (χ1v) is 9.88. The van der Waals surface area contributed by atoms with Gasteiger partial charge >= 0.3 is 0 Å². The van der Waals surface area contributed by atoms with Gasteiger partial charge in [-0.05, 0) is 29.8 Å². The van der Waals surface area contributed by atoms with Crippen LogP contribution in [0.1, 0.15) is 10.9 Å². The molecule has 0 spiro atoms. The van der Waals surface area contributed by atoms with Crippen LogP contribution in [-0.2, 0) is 10.0 Å². The second kappa shape index (κ2) is 6.42. The van der Waals surface area contributed by atoms with E-state index in [2.05, 4.69) is 0 Å². The van der Waals surface area contributed by atoms with E-state index in [1.54, 1.807) is 60.3 Å². The van der Waals surface area contributed by atoms with Crippen molar-refractivity contribution < 1.29 is 8.42 Å².